The monoisotopic (exact) mass is 234 g/mol. The molecule has 0 bridgehead atoms. The highest BCUT2D eigenvalue weighted by atomic mass is 32.1. The number of rotatable bonds is 1. The highest BCUT2D eigenvalue weighted by Crippen LogP contribution is 2.29. The predicted octanol–water partition coefficient (Wildman–Crippen LogP) is 1.49. The van der Waals surface area contributed by atoms with Gasteiger partial charge in [0.25, 0.3) is 0 Å². The molecule has 4 nitrogen and oxygen atoms in total. The molecule has 0 aromatic carbocycles. The molecule has 0 amide bonds. The molecule has 84 valence electrons. The molecule has 1 atom stereocenters. The van der Waals surface area contributed by atoms with Crippen LogP contribution < -0.4 is 10.2 Å². The van der Waals surface area contributed by atoms with Gasteiger partial charge in [-0.05, 0) is 18.4 Å². The number of fused-ring (bicyclic) bond motifs is 1. The quantitative estimate of drug-likeness (QED) is 0.811. The first kappa shape index (κ1) is 9.99. The summed E-state index contributed by atoms with van der Waals surface area (Å²) in [6, 6.07) is 2.55. The second-order valence-electron chi connectivity index (χ2n) is 4.08. The van der Waals surface area contributed by atoms with E-state index in [-0.39, 0.29) is 0 Å². The number of anilines is 1. The molecule has 1 aliphatic rings. The summed E-state index contributed by atoms with van der Waals surface area (Å²) in [5, 5.41) is 5.47. The number of piperazine rings is 1. The topological polar surface area (TPSA) is 41.0 Å². The Morgan fingerprint density at radius 2 is 2.44 bits per heavy atom. The highest BCUT2D eigenvalue weighted by Gasteiger charge is 2.21. The van der Waals surface area contributed by atoms with Crippen molar-refractivity contribution in [1.29, 1.82) is 0 Å². The molecule has 0 radical (unpaired) electrons. The van der Waals surface area contributed by atoms with Crippen LogP contribution in [0.25, 0.3) is 10.2 Å². The van der Waals surface area contributed by atoms with Crippen LogP contribution in [-0.2, 0) is 0 Å². The highest BCUT2D eigenvalue weighted by molar-refractivity contribution is 7.17. The molecule has 0 saturated carbocycles. The third-order valence-electron chi connectivity index (χ3n) is 3.00. The van der Waals surface area contributed by atoms with Gasteiger partial charge in [0.1, 0.15) is 12.1 Å². The van der Waals surface area contributed by atoms with Crippen molar-refractivity contribution in [2.45, 2.75) is 13.0 Å². The fourth-order valence-electron chi connectivity index (χ4n) is 2.14. The number of nitrogens with zero attached hydrogens (tertiary/aromatic N) is 3. The van der Waals surface area contributed by atoms with Gasteiger partial charge in [-0.15, -0.1) is 11.3 Å². The number of aromatic nitrogens is 2. The van der Waals surface area contributed by atoms with Crippen LogP contribution in [0.5, 0.6) is 0 Å². The first-order valence-electron chi connectivity index (χ1n) is 5.52. The SMILES string of the molecule is CC1CNCCN1c1ncnc2ccsc12. The van der Waals surface area contributed by atoms with Crippen LogP contribution in [0.15, 0.2) is 17.8 Å². The zero-order chi connectivity index (χ0) is 11.0. The van der Waals surface area contributed by atoms with E-state index >= 15 is 0 Å². The summed E-state index contributed by atoms with van der Waals surface area (Å²) in [5.41, 5.74) is 1.06. The van der Waals surface area contributed by atoms with Gasteiger partial charge < -0.3 is 10.2 Å². The molecule has 1 aliphatic heterocycles. The van der Waals surface area contributed by atoms with Crippen molar-refractivity contribution in [3.05, 3.63) is 17.8 Å². The van der Waals surface area contributed by atoms with Gasteiger partial charge in [0.2, 0.25) is 0 Å². The smallest absolute Gasteiger partial charge is 0.150 e. The molecule has 2 aromatic heterocycles. The zero-order valence-electron chi connectivity index (χ0n) is 9.18. The average molecular weight is 234 g/mol. The summed E-state index contributed by atoms with van der Waals surface area (Å²) >= 11 is 1.72. The number of hydrogen-bond donors (Lipinski definition) is 1. The molecule has 5 heteroatoms. The van der Waals surface area contributed by atoms with E-state index in [0.29, 0.717) is 6.04 Å². The fourth-order valence-corrected chi connectivity index (χ4v) is 2.99. The molecular weight excluding hydrogens is 220 g/mol. The van der Waals surface area contributed by atoms with Crippen molar-refractivity contribution in [2.24, 2.45) is 0 Å². The molecule has 1 saturated heterocycles. The minimum absolute atomic E-state index is 0.494. The first-order chi connectivity index (χ1) is 7.86. The number of hydrogen-bond acceptors (Lipinski definition) is 5. The van der Waals surface area contributed by atoms with Crippen molar-refractivity contribution in [2.75, 3.05) is 24.5 Å². The standard InChI is InChI=1S/C11H14N4S/c1-8-6-12-3-4-15(8)11-10-9(2-5-16-10)13-7-14-11/h2,5,7-8,12H,3-4,6H2,1H3. The van der Waals surface area contributed by atoms with Gasteiger partial charge >= 0.3 is 0 Å². The fraction of sp³-hybridized carbons (Fsp3) is 0.455. The molecule has 2 aromatic rings. The minimum Gasteiger partial charge on any atom is -0.350 e. The van der Waals surface area contributed by atoms with Crippen molar-refractivity contribution in [3.63, 3.8) is 0 Å². The normalized spacial score (nSPS) is 21.6. The molecule has 0 aliphatic carbocycles. The molecule has 1 fully saturated rings. The zero-order valence-corrected chi connectivity index (χ0v) is 10.00. The van der Waals surface area contributed by atoms with Crippen molar-refractivity contribution >= 4 is 27.4 Å². The summed E-state index contributed by atoms with van der Waals surface area (Å²) in [6.07, 6.45) is 1.67. The van der Waals surface area contributed by atoms with Crippen LogP contribution >= 0.6 is 11.3 Å². The summed E-state index contributed by atoms with van der Waals surface area (Å²) in [6.45, 7) is 5.30. The minimum atomic E-state index is 0.494. The Balaban J connectivity index is 2.07. The van der Waals surface area contributed by atoms with Gasteiger partial charge in [-0.2, -0.15) is 0 Å². The Morgan fingerprint density at radius 1 is 1.50 bits per heavy atom. The van der Waals surface area contributed by atoms with Crippen molar-refractivity contribution in [3.8, 4) is 0 Å². The van der Waals surface area contributed by atoms with Crippen LogP contribution in [0.1, 0.15) is 6.92 Å². The molecule has 1 unspecified atom stereocenters. The van der Waals surface area contributed by atoms with Crippen LogP contribution in [0.4, 0.5) is 5.82 Å². The summed E-state index contributed by atoms with van der Waals surface area (Å²) < 4.78 is 1.20. The Hall–Kier alpha value is -1.20. The number of nitrogens with one attached hydrogen (secondary N) is 1. The Labute approximate surface area is 98.3 Å². The van der Waals surface area contributed by atoms with E-state index in [2.05, 4.69) is 38.6 Å². The van der Waals surface area contributed by atoms with Gasteiger partial charge in [0, 0.05) is 25.7 Å². The van der Waals surface area contributed by atoms with Crippen molar-refractivity contribution < 1.29 is 0 Å². The van der Waals surface area contributed by atoms with Crippen LogP contribution in [0.2, 0.25) is 0 Å². The van der Waals surface area contributed by atoms with Gasteiger partial charge in [0.15, 0.2) is 0 Å². The lowest BCUT2D eigenvalue weighted by Crippen LogP contribution is -2.50. The van der Waals surface area contributed by atoms with Crippen molar-refractivity contribution in [1.82, 2.24) is 15.3 Å². The second kappa shape index (κ2) is 3.99. The second-order valence-corrected chi connectivity index (χ2v) is 4.99. The van der Waals surface area contributed by atoms with Crippen LogP contribution in [0, 0.1) is 0 Å². The van der Waals surface area contributed by atoms with E-state index in [1.165, 1.54) is 4.70 Å². The third-order valence-corrected chi connectivity index (χ3v) is 3.90. The lowest BCUT2D eigenvalue weighted by Gasteiger charge is -2.34. The van der Waals surface area contributed by atoms with Gasteiger partial charge in [-0.3, -0.25) is 0 Å². The molecule has 0 spiro atoms. The maximum Gasteiger partial charge on any atom is 0.150 e. The first-order valence-corrected chi connectivity index (χ1v) is 6.40. The Kier molecular flexibility index (Phi) is 2.49. The lowest BCUT2D eigenvalue weighted by atomic mass is 10.2. The molecule has 3 rings (SSSR count). The maximum atomic E-state index is 4.45. The van der Waals surface area contributed by atoms with E-state index in [4.69, 9.17) is 0 Å². The van der Waals surface area contributed by atoms with E-state index in [1.807, 2.05) is 0 Å². The molecule has 3 heterocycles. The van der Waals surface area contributed by atoms with E-state index in [0.717, 1.165) is 31.0 Å². The van der Waals surface area contributed by atoms with Crippen LogP contribution in [-0.4, -0.2) is 35.6 Å². The average Bonchev–Trinajstić information content (AvgIpc) is 2.77. The molecule has 1 N–H and O–H groups in total. The largest absolute Gasteiger partial charge is 0.350 e. The summed E-state index contributed by atoms with van der Waals surface area (Å²) in [5.74, 6) is 1.09. The summed E-state index contributed by atoms with van der Waals surface area (Å²) in [4.78, 5) is 11.1. The van der Waals surface area contributed by atoms with E-state index < -0.39 is 0 Å². The summed E-state index contributed by atoms with van der Waals surface area (Å²) in [7, 11) is 0. The maximum absolute atomic E-state index is 4.45. The molecule has 16 heavy (non-hydrogen) atoms. The Morgan fingerprint density at radius 3 is 3.31 bits per heavy atom. The van der Waals surface area contributed by atoms with Gasteiger partial charge in [-0.25, -0.2) is 9.97 Å². The van der Waals surface area contributed by atoms with Gasteiger partial charge in [0.05, 0.1) is 10.2 Å². The molecular formula is C11H14N4S. The number of thiophene rings is 1. The van der Waals surface area contributed by atoms with Gasteiger partial charge in [-0.1, -0.05) is 0 Å². The van der Waals surface area contributed by atoms with Crippen LogP contribution in [0.3, 0.4) is 0 Å². The Bertz CT molecular complexity index is 495. The predicted molar refractivity (Wildman–Crippen MR) is 67.1 cm³/mol. The lowest BCUT2D eigenvalue weighted by molar-refractivity contribution is 0.498. The third kappa shape index (κ3) is 1.56. The van der Waals surface area contributed by atoms with E-state index in [9.17, 15) is 0 Å². The van der Waals surface area contributed by atoms with E-state index in [1.54, 1.807) is 17.7 Å².